The number of ketones is 1. The normalized spacial score (nSPS) is 28.8. The van der Waals surface area contributed by atoms with E-state index in [1.54, 1.807) is 6.92 Å². The van der Waals surface area contributed by atoms with Gasteiger partial charge in [0, 0.05) is 5.57 Å². The molecule has 0 spiro atoms. The lowest BCUT2D eigenvalue weighted by Crippen LogP contribution is -2.35. The Morgan fingerprint density at radius 3 is 2.40 bits per heavy atom. The van der Waals surface area contributed by atoms with Crippen LogP contribution in [0, 0.1) is 5.41 Å². The van der Waals surface area contributed by atoms with Gasteiger partial charge in [-0.3, -0.25) is 4.79 Å². The second kappa shape index (κ2) is 8.18. The largest absolute Gasteiger partial charge is 0.507 e. The zero-order chi connectivity index (χ0) is 22.3. The molecule has 5 heteroatoms. The van der Waals surface area contributed by atoms with E-state index in [9.17, 15) is 14.7 Å². The number of rotatable bonds is 8. The van der Waals surface area contributed by atoms with Gasteiger partial charge in [0.15, 0.2) is 5.78 Å². The van der Waals surface area contributed by atoms with Gasteiger partial charge in [-0.2, -0.15) is 0 Å². The van der Waals surface area contributed by atoms with E-state index in [4.69, 9.17) is 9.47 Å². The molecule has 2 atom stereocenters. The smallest absolute Gasteiger partial charge is 0.342 e. The fraction of sp³-hybridized carbons (Fsp3) is 0.600. The van der Waals surface area contributed by atoms with Crippen molar-refractivity contribution in [1.82, 2.24) is 0 Å². The summed E-state index contributed by atoms with van der Waals surface area (Å²) in [6.07, 6.45) is 9.27. The minimum atomic E-state index is -0.845. The highest BCUT2D eigenvalue weighted by Crippen LogP contribution is 2.46. The number of hydrogen-bond acceptors (Lipinski definition) is 5. The first-order valence-electron chi connectivity index (χ1n) is 10.8. The summed E-state index contributed by atoms with van der Waals surface area (Å²) in [5, 5.41) is 10.2. The Kier molecular flexibility index (Phi) is 6.15. The fourth-order valence-electron chi connectivity index (χ4n) is 4.37. The van der Waals surface area contributed by atoms with Crippen LogP contribution in [0.3, 0.4) is 0 Å². The maximum atomic E-state index is 12.9. The molecule has 2 aliphatic heterocycles. The minimum Gasteiger partial charge on any atom is -0.507 e. The monoisotopic (exact) mass is 414 g/mol. The van der Waals surface area contributed by atoms with Crippen LogP contribution in [0.5, 0.6) is 0 Å². The summed E-state index contributed by atoms with van der Waals surface area (Å²) in [5.41, 5.74) is 2.83. The van der Waals surface area contributed by atoms with Gasteiger partial charge in [-0.1, -0.05) is 23.3 Å². The second-order valence-corrected chi connectivity index (χ2v) is 9.66. The van der Waals surface area contributed by atoms with Crippen molar-refractivity contribution in [1.29, 1.82) is 0 Å². The fourth-order valence-corrected chi connectivity index (χ4v) is 4.37. The van der Waals surface area contributed by atoms with Gasteiger partial charge in [0.1, 0.15) is 17.9 Å². The molecule has 0 radical (unpaired) electrons. The van der Waals surface area contributed by atoms with Gasteiger partial charge >= 0.3 is 5.97 Å². The lowest BCUT2D eigenvalue weighted by Gasteiger charge is -2.32. The van der Waals surface area contributed by atoms with E-state index >= 15 is 0 Å². The van der Waals surface area contributed by atoms with Gasteiger partial charge in [0.05, 0.1) is 17.1 Å². The van der Waals surface area contributed by atoms with Crippen molar-refractivity contribution in [3.05, 3.63) is 45.8 Å². The van der Waals surface area contributed by atoms with Gasteiger partial charge in [0.2, 0.25) is 0 Å². The summed E-state index contributed by atoms with van der Waals surface area (Å²) >= 11 is 0. The van der Waals surface area contributed by atoms with Crippen LogP contribution in [-0.2, 0) is 19.1 Å². The first kappa shape index (κ1) is 22.5. The average molecular weight is 415 g/mol. The maximum Gasteiger partial charge on any atom is 0.342 e. The van der Waals surface area contributed by atoms with E-state index in [0.29, 0.717) is 18.1 Å². The summed E-state index contributed by atoms with van der Waals surface area (Å²) in [5.74, 6) is -0.903. The van der Waals surface area contributed by atoms with Gasteiger partial charge < -0.3 is 14.6 Å². The number of epoxide rings is 1. The standard InChI is InChI=1S/C25H34O5/c1-15(10-11-19-24(4,5)30-19)8-7-9-16(2)12-13-25(6)18-14-29-23(28)20(18)21(26)17(3)22(25)27/h8,12,19,26H,7,9-11,13-14H2,1-6H3/b15-8?,16-12+/t19-,25+/m0/s1. The minimum absolute atomic E-state index is 0.0564. The zero-order valence-corrected chi connectivity index (χ0v) is 19.1. The molecule has 0 aromatic carbocycles. The molecule has 0 amide bonds. The van der Waals surface area contributed by atoms with Crippen molar-refractivity contribution in [2.45, 2.75) is 85.4 Å². The molecule has 164 valence electrons. The third-order valence-corrected chi connectivity index (χ3v) is 6.81. The number of carbonyl (C=O) groups excluding carboxylic acids is 2. The molecular weight excluding hydrogens is 380 g/mol. The third kappa shape index (κ3) is 4.31. The molecule has 0 bridgehead atoms. The Morgan fingerprint density at radius 1 is 1.13 bits per heavy atom. The molecule has 0 unspecified atom stereocenters. The van der Waals surface area contributed by atoms with Crippen molar-refractivity contribution in [2.24, 2.45) is 5.41 Å². The summed E-state index contributed by atoms with van der Waals surface area (Å²) in [7, 11) is 0. The Balaban J connectivity index is 1.58. The van der Waals surface area contributed by atoms with Gasteiger partial charge in [0.25, 0.3) is 0 Å². The molecule has 1 saturated heterocycles. The lowest BCUT2D eigenvalue weighted by molar-refractivity contribution is -0.136. The van der Waals surface area contributed by atoms with E-state index in [-0.39, 0.29) is 34.9 Å². The molecule has 5 nitrogen and oxygen atoms in total. The van der Waals surface area contributed by atoms with Crippen molar-refractivity contribution in [3.8, 4) is 0 Å². The van der Waals surface area contributed by atoms with Crippen LogP contribution < -0.4 is 0 Å². The lowest BCUT2D eigenvalue weighted by atomic mass is 9.68. The van der Waals surface area contributed by atoms with Crippen LogP contribution >= 0.6 is 0 Å². The topological polar surface area (TPSA) is 76.1 Å². The molecular formula is C25H34O5. The molecule has 0 aromatic heterocycles. The molecule has 2 heterocycles. The highest BCUT2D eigenvalue weighted by molar-refractivity contribution is 6.10. The Labute approximate surface area is 179 Å². The van der Waals surface area contributed by atoms with E-state index in [1.165, 1.54) is 11.1 Å². The molecule has 1 aliphatic carbocycles. The predicted octanol–water partition coefficient (Wildman–Crippen LogP) is 5.28. The maximum absolute atomic E-state index is 12.9. The van der Waals surface area contributed by atoms with Crippen LogP contribution in [0.1, 0.15) is 73.6 Å². The number of cyclic esters (lactones) is 1. The Bertz CT molecular complexity index is 883. The molecule has 3 rings (SSSR count). The molecule has 0 saturated carbocycles. The van der Waals surface area contributed by atoms with E-state index in [0.717, 1.165) is 25.7 Å². The number of allylic oxidation sites excluding steroid dienone is 5. The van der Waals surface area contributed by atoms with Crippen LogP contribution in [-0.4, -0.2) is 35.2 Å². The van der Waals surface area contributed by atoms with Crippen molar-refractivity contribution < 1.29 is 24.2 Å². The van der Waals surface area contributed by atoms with E-state index < -0.39 is 11.4 Å². The summed E-state index contributed by atoms with van der Waals surface area (Å²) in [6.45, 7) is 12.0. The number of Topliss-reactive ketones (excluding diaryl/α,β-unsaturated/α-hetero) is 1. The molecule has 3 aliphatic rings. The summed E-state index contributed by atoms with van der Waals surface area (Å²) in [4.78, 5) is 25.0. The van der Waals surface area contributed by atoms with Gasteiger partial charge in [-0.15, -0.1) is 0 Å². The van der Waals surface area contributed by atoms with Crippen LogP contribution in [0.2, 0.25) is 0 Å². The molecule has 1 N–H and O–H groups in total. The zero-order valence-electron chi connectivity index (χ0n) is 19.1. The van der Waals surface area contributed by atoms with Crippen LogP contribution in [0.25, 0.3) is 0 Å². The predicted molar refractivity (Wildman–Crippen MR) is 116 cm³/mol. The number of esters is 1. The highest BCUT2D eigenvalue weighted by Gasteiger charge is 2.49. The molecule has 30 heavy (non-hydrogen) atoms. The highest BCUT2D eigenvalue weighted by atomic mass is 16.6. The third-order valence-electron chi connectivity index (χ3n) is 6.81. The van der Waals surface area contributed by atoms with E-state index in [1.807, 2.05) is 6.92 Å². The summed E-state index contributed by atoms with van der Waals surface area (Å²) < 4.78 is 10.8. The van der Waals surface area contributed by atoms with Crippen LogP contribution in [0.15, 0.2) is 45.8 Å². The Hall–Kier alpha value is -2.14. The number of ether oxygens (including phenoxy) is 2. The van der Waals surface area contributed by atoms with Crippen molar-refractivity contribution in [3.63, 3.8) is 0 Å². The summed E-state index contributed by atoms with van der Waals surface area (Å²) in [6, 6.07) is 0. The number of aliphatic hydroxyl groups is 1. The van der Waals surface area contributed by atoms with Crippen molar-refractivity contribution in [2.75, 3.05) is 6.61 Å². The van der Waals surface area contributed by atoms with Crippen molar-refractivity contribution >= 4 is 11.8 Å². The Morgan fingerprint density at radius 2 is 1.77 bits per heavy atom. The van der Waals surface area contributed by atoms with E-state index in [2.05, 4.69) is 39.8 Å². The second-order valence-electron chi connectivity index (χ2n) is 9.66. The average Bonchev–Trinajstić information content (AvgIpc) is 3.10. The molecule has 0 aromatic rings. The number of aliphatic hydroxyl groups excluding tert-OH is 1. The SMILES string of the molecule is CC(=CCC/C(C)=C/C[C@@]1(C)C(=O)C(C)=C(O)C2=C1COC2=O)CC[C@@H]1OC1(C)C. The van der Waals surface area contributed by atoms with Crippen LogP contribution in [0.4, 0.5) is 0 Å². The van der Waals surface area contributed by atoms with Gasteiger partial charge in [-0.05, 0) is 79.2 Å². The quantitative estimate of drug-likeness (QED) is 0.332. The first-order chi connectivity index (χ1) is 14.0. The molecule has 1 fully saturated rings. The number of carbonyl (C=O) groups is 2. The van der Waals surface area contributed by atoms with Gasteiger partial charge in [-0.25, -0.2) is 4.79 Å². The number of hydrogen-bond donors (Lipinski definition) is 1. The first-order valence-corrected chi connectivity index (χ1v) is 10.8.